The van der Waals surface area contributed by atoms with Crippen molar-refractivity contribution in [2.24, 2.45) is 0 Å². The number of rotatable bonds is 7. The monoisotopic (exact) mass is 325 g/mol. The molecular formula is C19H23N3O2. The van der Waals surface area contributed by atoms with E-state index in [0.29, 0.717) is 11.6 Å². The Balaban J connectivity index is 1.98. The summed E-state index contributed by atoms with van der Waals surface area (Å²) in [5, 5.41) is 0. The number of imidazole rings is 1. The van der Waals surface area contributed by atoms with Crippen LogP contribution in [-0.4, -0.2) is 33.4 Å². The van der Waals surface area contributed by atoms with Gasteiger partial charge in [0.25, 0.3) is 0 Å². The lowest BCUT2D eigenvalue weighted by molar-refractivity contribution is -0.131. The van der Waals surface area contributed by atoms with E-state index in [1.165, 1.54) is 0 Å². The Morgan fingerprint density at radius 3 is 2.54 bits per heavy atom. The molecule has 3 aromatic rings. The highest BCUT2D eigenvalue weighted by Crippen LogP contribution is 2.25. The van der Waals surface area contributed by atoms with Gasteiger partial charge in [0, 0.05) is 13.1 Å². The van der Waals surface area contributed by atoms with Gasteiger partial charge in [-0.2, -0.15) is 0 Å². The molecule has 0 aliphatic carbocycles. The molecule has 1 aromatic carbocycles. The van der Waals surface area contributed by atoms with Crippen molar-refractivity contribution < 1.29 is 9.21 Å². The molecule has 0 N–H and O–H groups in total. The van der Waals surface area contributed by atoms with Gasteiger partial charge in [0.15, 0.2) is 11.6 Å². The van der Waals surface area contributed by atoms with E-state index < -0.39 is 0 Å². The van der Waals surface area contributed by atoms with Crippen LogP contribution in [0.5, 0.6) is 0 Å². The van der Waals surface area contributed by atoms with Gasteiger partial charge in [-0.25, -0.2) is 4.98 Å². The lowest BCUT2D eigenvalue weighted by Crippen LogP contribution is -2.35. The number of amides is 1. The van der Waals surface area contributed by atoms with Crippen molar-refractivity contribution in [2.45, 2.75) is 33.2 Å². The topological polar surface area (TPSA) is 51.3 Å². The lowest BCUT2D eigenvalue weighted by Gasteiger charge is -2.22. The molecule has 0 radical (unpaired) electrons. The number of carbonyl (C=O) groups is 1. The van der Waals surface area contributed by atoms with Crippen molar-refractivity contribution in [2.75, 3.05) is 13.1 Å². The van der Waals surface area contributed by atoms with E-state index in [-0.39, 0.29) is 12.5 Å². The van der Waals surface area contributed by atoms with Crippen molar-refractivity contribution in [1.29, 1.82) is 0 Å². The molecule has 126 valence electrons. The van der Waals surface area contributed by atoms with Gasteiger partial charge < -0.3 is 13.9 Å². The van der Waals surface area contributed by atoms with Gasteiger partial charge in [-0.15, -0.1) is 0 Å². The number of benzene rings is 1. The maximum Gasteiger partial charge on any atom is 0.242 e. The summed E-state index contributed by atoms with van der Waals surface area (Å²) in [6, 6.07) is 11.6. The smallest absolute Gasteiger partial charge is 0.242 e. The second-order valence-corrected chi connectivity index (χ2v) is 5.87. The standard InChI is InChI=1S/C19H23N3O2/c1-3-11-21(12-4-2)18(23)14-22-16-9-6-5-8-15(16)20-19(22)17-10-7-13-24-17/h5-10,13H,3-4,11-12,14H2,1-2H3. The minimum Gasteiger partial charge on any atom is -0.461 e. The summed E-state index contributed by atoms with van der Waals surface area (Å²) in [7, 11) is 0. The lowest BCUT2D eigenvalue weighted by atomic mass is 10.3. The molecule has 24 heavy (non-hydrogen) atoms. The average molecular weight is 325 g/mol. The van der Waals surface area contributed by atoms with Gasteiger partial charge in [-0.3, -0.25) is 4.79 Å². The second-order valence-electron chi connectivity index (χ2n) is 5.87. The summed E-state index contributed by atoms with van der Waals surface area (Å²) in [6.07, 6.45) is 3.55. The Kier molecular flexibility index (Phi) is 4.99. The third-order valence-corrected chi connectivity index (χ3v) is 4.03. The molecule has 5 heteroatoms. The zero-order chi connectivity index (χ0) is 16.9. The minimum absolute atomic E-state index is 0.120. The third kappa shape index (κ3) is 3.20. The van der Waals surface area contributed by atoms with E-state index in [2.05, 4.69) is 18.8 Å². The first-order valence-electron chi connectivity index (χ1n) is 8.51. The van der Waals surface area contributed by atoms with Gasteiger partial charge in [0.2, 0.25) is 5.91 Å². The molecule has 0 saturated carbocycles. The van der Waals surface area contributed by atoms with Crippen LogP contribution in [0.25, 0.3) is 22.6 Å². The highest BCUT2D eigenvalue weighted by molar-refractivity contribution is 5.84. The van der Waals surface area contributed by atoms with Crippen LogP contribution in [0.1, 0.15) is 26.7 Å². The molecule has 1 amide bonds. The van der Waals surface area contributed by atoms with Crippen molar-refractivity contribution >= 4 is 16.9 Å². The van der Waals surface area contributed by atoms with Crippen LogP contribution in [0, 0.1) is 0 Å². The van der Waals surface area contributed by atoms with E-state index >= 15 is 0 Å². The van der Waals surface area contributed by atoms with Gasteiger partial charge in [0.05, 0.1) is 17.3 Å². The average Bonchev–Trinajstić information content (AvgIpc) is 3.23. The van der Waals surface area contributed by atoms with Crippen molar-refractivity contribution in [3.8, 4) is 11.6 Å². The normalized spacial score (nSPS) is 11.1. The number of carbonyl (C=O) groups excluding carboxylic acids is 1. The van der Waals surface area contributed by atoms with Crippen LogP contribution in [-0.2, 0) is 11.3 Å². The Bertz CT molecular complexity index is 799. The van der Waals surface area contributed by atoms with Crippen LogP contribution in [0.3, 0.4) is 0 Å². The number of aromatic nitrogens is 2. The summed E-state index contributed by atoms with van der Waals surface area (Å²) in [6.45, 7) is 6.04. The largest absolute Gasteiger partial charge is 0.461 e. The summed E-state index contributed by atoms with van der Waals surface area (Å²) in [5.74, 6) is 1.49. The van der Waals surface area contributed by atoms with E-state index in [1.807, 2.05) is 45.9 Å². The van der Waals surface area contributed by atoms with E-state index in [9.17, 15) is 4.79 Å². The summed E-state index contributed by atoms with van der Waals surface area (Å²) < 4.78 is 7.47. The number of para-hydroxylation sites is 2. The first-order valence-corrected chi connectivity index (χ1v) is 8.51. The number of nitrogens with zero attached hydrogens (tertiary/aromatic N) is 3. The number of fused-ring (bicyclic) bond motifs is 1. The van der Waals surface area contributed by atoms with Crippen LogP contribution in [0.2, 0.25) is 0 Å². The molecule has 0 saturated heterocycles. The Hall–Kier alpha value is -2.56. The van der Waals surface area contributed by atoms with Crippen molar-refractivity contribution in [3.05, 3.63) is 42.7 Å². The van der Waals surface area contributed by atoms with E-state index in [1.54, 1.807) is 6.26 Å². The maximum atomic E-state index is 12.8. The predicted molar refractivity (Wildman–Crippen MR) is 94.6 cm³/mol. The van der Waals surface area contributed by atoms with Gasteiger partial charge in [-0.1, -0.05) is 26.0 Å². The van der Waals surface area contributed by atoms with Crippen molar-refractivity contribution in [3.63, 3.8) is 0 Å². The zero-order valence-corrected chi connectivity index (χ0v) is 14.2. The number of hydrogen-bond acceptors (Lipinski definition) is 3. The van der Waals surface area contributed by atoms with Crippen LogP contribution < -0.4 is 0 Å². The maximum absolute atomic E-state index is 12.8. The van der Waals surface area contributed by atoms with Gasteiger partial charge >= 0.3 is 0 Å². The van der Waals surface area contributed by atoms with E-state index in [0.717, 1.165) is 37.0 Å². The SMILES string of the molecule is CCCN(CCC)C(=O)Cn1c(-c2ccco2)nc2ccccc21. The quantitative estimate of drug-likeness (QED) is 0.661. The summed E-state index contributed by atoms with van der Waals surface area (Å²) in [4.78, 5) is 19.4. The molecule has 0 aliphatic rings. The van der Waals surface area contributed by atoms with Crippen molar-refractivity contribution in [1.82, 2.24) is 14.5 Å². The summed E-state index contributed by atoms with van der Waals surface area (Å²) in [5.41, 5.74) is 1.82. The fourth-order valence-corrected chi connectivity index (χ4v) is 2.97. The minimum atomic E-state index is 0.120. The highest BCUT2D eigenvalue weighted by Gasteiger charge is 2.19. The summed E-state index contributed by atoms with van der Waals surface area (Å²) >= 11 is 0. The number of furan rings is 1. The molecule has 0 spiro atoms. The third-order valence-electron chi connectivity index (χ3n) is 4.03. The van der Waals surface area contributed by atoms with Crippen LogP contribution >= 0.6 is 0 Å². The molecule has 2 aromatic heterocycles. The molecule has 0 fully saturated rings. The Labute approximate surface area is 141 Å². The molecule has 3 rings (SSSR count). The predicted octanol–water partition coefficient (Wildman–Crippen LogP) is 3.94. The number of hydrogen-bond donors (Lipinski definition) is 0. The molecule has 2 heterocycles. The Morgan fingerprint density at radius 1 is 1.12 bits per heavy atom. The first kappa shape index (κ1) is 16.3. The van der Waals surface area contributed by atoms with Crippen LogP contribution in [0.4, 0.5) is 0 Å². The van der Waals surface area contributed by atoms with E-state index in [4.69, 9.17) is 4.42 Å². The second kappa shape index (κ2) is 7.34. The molecule has 0 aliphatic heterocycles. The highest BCUT2D eigenvalue weighted by atomic mass is 16.3. The molecular weight excluding hydrogens is 302 g/mol. The van der Waals surface area contributed by atoms with Gasteiger partial charge in [-0.05, 0) is 37.1 Å². The first-order chi connectivity index (χ1) is 11.7. The van der Waals surface area contributed by atoms with Gasteiger partial charge in [0.1, 0.15) is 6.54 Å². The fourth-order valence-electron chi connectivity index (χ4n) is 2.97. The fraction of sp³-hybridized carbons (Fsp3) is 0.368. The molecule has 5 nitrogen and oxygen atoms in total. The van der Waals surface area contributed by atoms with Crippen LogP contribution in [0.15, 0.2) is 47.1 Å². The zero-order valence-electron chi connectivity index (χ0n) is 14.2. The molecule has 0 unspecified atom stereocenters. The molecule has 0 bridgehead atoms. The Morgan fingerprint density at radius 2 is 1.88 bits per heavy atom. The molecule has 0 atom stereocenters.